The van der Waals surface area contributed by atoms with E-state index in [1.54, 1.807) is 7.11 Å². The van der Waals surface area contributed by atoms with E-state index in [9.17, 15) is 0 Å². The summed E-state index contributed by atoms with van der Waals surface area (Å²) in [5.74, 6) is 1.73. The van der Waals surface area contributed by atoms with E-state index in [-0.39, 0.29) is 0 Å². The molecule has 1 fully saturated rings. The molecule has 170 valence electrons. The van der Waals surface area contributed by atoms with Crippen LogP contribution in [0.4, 0.5) is 0 Å². The Morgan fingerprint density at radius 3 is 2.53 bits per heavy atom. The number of piperazine rings is 1. The Balaban J connectivity index is 1.66. The third-order valence-electron chi connectivity index (χ3n) is 5.54. The number of benzene rings is 1. The Morgan fingerprint density at radius 1 is 1.07 bits per heavy atom. The van der Waals surface area contributed by atoms with Crippen LogP contribution in [0.5, 0.6) is 5.75 Å². The number of nitrogens with one attached hydrogen (secondary N) is 2. The molecule has 2 rings (SSSR count). The lowest BCUT2D eigenvalue weighted by molar-refractivity contribution is 0.136. The molecule has 0 aromatic heterocycles. The molecule has 2 N–H and O–H groups in total. The summed E-state index contributed by atoms with van der Waals surface area (Å²) in [5, 5.41) is 6.83. The SMILES string of the molecule is CCN1CCN(CCCCNC(=NC)NCc2ccc(C)cc2OCCOC)CC1. The molecule has 0 radical (unpaired) electrons. The lowest BCUT2D eigenvalue weighted by Crippen LogP contribution is -2.46. The predicted molar refractivity (Wildman–Crippen MR) is 125 cm³/mol. The van der Waals surface area contributed by atoms with Crippen LogP contribution in [-0.4, -0.2) is 88.9 Å². The van der Waals surface area contributed by atoms with Gasteiger partial charge in [0.2, 0.25) is 0 Å². The molecular formula is C23H41N5O2. The molecule has 1 saturated heterocycles. The third kappa shape index (κ3) is 8.90. The number of hydrogen-bond acceptors (Lipinski definition) is 5. The maximum atomic E-state index is 5.88. The van der Waals surface area contributed by atoms with Crippen molar-refractivity contribution in [3.05, 3.63) is 29.3 Å². The third-order valence-corrected chi connectivity index (χ3v) is 5.54. The second-order valence-electron chi connectivity index (χ2n) is 7.79. The second-order valence-corrected chi connectivity index (χ2v) is 7.79. The number of rotatable bonds is 12. The van der Waals surface area contributed by atoms with Crippen molar-refractivity contribution in [2.75, 3.05) is 73.2 Å². The van der Waals surface area contributed by atoms with Gasteiger partial charge in [0, 0.05) is 59.0 Å². The van der Waals surface area contributed by atoms with Crippen molar-refractivity contribution in [2.45, 2.75) is 33.2 Å². The second kappa shape index (κ2) is 14.2. The minimum atomic E-state index is 0.549. The van der Waals surface area contributed by atoms with Crippen LogP contribution in [-0.2, 0) is 11.3 Å². The lowest BCUT2D eigenvalue weighted by Gasteiger charge is -2.34. The van der Waals surface area contributed by atoms with Gasteiger partial charge in [-0.3, -0.25) is 4.99 Å². The topological polar surface area (TPSA) is 61.4 Å². The van der Waals surface area contributed by atoms with E-state index in [0.717, 1.165) is 30.2 Å². The van der Waals surface area contributed by atoms with Gasteiger partial charge in [-0.1, -0.05) is 19.1 Å². The summed E-state index contributed by atoms with van der Waals surface area (Å²) in [7, 11) is 3.50. The van der Waals surface area contributed by atoms with Gasteiger partial charge in [-0.05, 0) is 44.5 Å². The van der Waals surface area contributed by atoms with Crippen LogP contribution in [0.1, 0.15) is 30.9 Å². The Bertz CT molecular complexity index is 630. The normalized spacial score (nSPS) is 15.9. The first-order chi connectivity index (χ1) is 14.7. The Kier molecular flexibility index (Phi) is 11.6. The predicted octanol–water partition coefficient (Wildman–Crippen LogP) is 2.10. The number of unbranched alkanes of at least 4 members (excludes halogenated alkanes) is 1. The van der Waals surface area contributed by atoms with Crippen LogP contribution < -0.4 is 15.4 Å². The summed E-state index contributed by atoms with van der Waals surface area (Å²) >= 11 is 0. The molecule has 0 aliphatic carbocycles. The minimum Gasteiger partial charge on any atom is -0.491 e. The Morgan fingerprint density at radius 2 is 1.83 bits per heavy atom. The van der Waals surface area contributed by atoms with Crippen molar-refractivity contribution >= 4 is 5.96 Å². The van der Waals surface area contributed by atoms with Gasteiger partial charge in [0.25, 0.3) is 0 Å². The highest BCUT2D eigenvalue weighted by Crippen LogP contribution is 2.20. The average Bonchev–Trinajstić information content (AvgIpc) is 2.77. The highest BCUT2D eigenvalue weighted by atomic mass is 16.5. The van der Waals surface area contributed by atoms with Crippen molar-refractivity contribution in [3.8, 4) is 5.75 Å². The van der Waals surface area contributed by atoms with E-state index in [1.807, 2.05) is 7.05 Å². The molecule has 1 aromatic carbocycles. The number of methoxy groups -OCH3 is 1. The highest BCUT2D eigenvalue weighted by molar-refractivity contribution is 5.79. The number of ether oxygens (including phenoxy) is 2. The fourth-order valence-electron chi connectivity index (χ4n) is 3.57. The summed E-state index contributed by atoms with van der Waals surface area (Å²) in [6, 6.07) is 6.29. The zero-order valence-electron chi connectivity index (χ0n) is 19.4. The molecule has 1 aliphatic rings. The molecule has 0 spiro atoms. The number of aliphatic imine (C=N–C) groups is 1. The number of likely N-dealkylation sites (N-methyl/N-ethyl adjacent to an activating group) is 1. The summed E-state index contributed by atoms with van der Waals surface area (Å²) in [6.07, 6.45) is 2.36. The molecule has 7 nitrogen and oxygen atoms in total. The van der Waals surface area contributed by atoms with Crippen molar-refractivity contribution in [1.29, 1.82) is 0 Å². The van der Waals surface area contributed by atoms with E-state index in [2.05, 4.69) is 57.5 Å². The van der Waals surface area contributed by atoms with Crippen LogP contribution >= 0.6 is 0 Å². The molecule has 0 atom stereocenters. The summed E-state index contributed by atoms with van der Waals surface area (Å²) < 4.78 is 11.0. The molecular weight excluding hydrogens is 378 g/mol. The van der Waals surface area contributed by atoms with E-state index in [4.69, 9.17) is 9.47 Å². The quantitative estimate of drug-likeness (QED) is 0.307. The van der Waals surface area contributed by atoms with Gasteiger partial charge in [0.1, 0.15) is 12.4 Å². The summed E-state index contributed by atoms with van der Waals surface area (Å²) in [6.45, 7) is 14.2. The van der Waals surface area contributed by atoms with Crippen molar-refractivity contribution in [2.24, 2.45) is 4.99 Å². The van der Waals surface area contributed by atoms with Gasteiger partial charge in [-0.25, -0.2) is 0 Å². The summed E-state index contributed by atoms with van der Waals surface area (Å²) in [4.78, 5) is 9.46. The van der Waals surface area contributed by atoms with Crippen LogP contribution in [0.2, 0.25) is 0 Å². The first-order valence-electron chi connectivity index (χ1n) is 11.3. The fourth-order valence-corrected chi connectivity index (χ4v) is 3.57. The monoisotopic (exact) mass is 419 g/mol. The van der Waals surface area contributed by atoms with Crippen molar-refractivity contribution < 1.29 is 9.47 Å². The van der Waals surface area contributed by atoms with Crippen LogP contribution in [0.25, 0.3) is 0 Å². The fraction of sp³-hybridized carbons (Fsp3) is 0.696. The first-order valence-corrected chi connectivity index (χ1v) is 11.3. The highest BCUT2D eigenvalue weighted by Gasteiger charge is 2.14. The molecule has 0 amide bonds. The molecule has 7 heteroatoms. The maximum absolute atomic E-state index is 5.88. The van der Waals surface area contributed by atoms with E-state index < -0.39 is 0 Å². The van der Waals surface area contributed by atoms with Gasteiger partial charge in [0.05, 0.1) is 6.61 Å². The average molecular weight is 420 g/mol. The van der Waals surface area contributed by atoms with Crippen LogP contribution in [0, 0.1) is 6.92 Å². The number of aryl methyl sites for hydroxylation is 1. The minimum absolute atomic E-state index is 0.549. The molecule has 30 heavy (non-hydrogen) atoms. The number of guanidine groups is 1. The maximum Gasteiger partial charge on any atom is 0.191 e. The van der Waals surface area contributed by atoms with Crippen molar-refractivity contribution in [1.82, 2.24) is 20.4 Å². The Labute approximate surface area is 182 Å². The molecule has 1 aromatic rings. The lowest BCUT2D eigenvalue weighted by atomic mass is 10.1. The Hall–Kier alpha value is -1.83. The molecule has 0 bridgehead atoms. The van der Waals surface area contributed by atoms with E-state index in [1.165, 1.54) is 51.3 Å². The summed E-state index contributed by atoms with van der Waals surface area (Å²) in [5.41, 5.74) is 2.30. The van der Waals surface area contributed by atoms with Gasteiger partial charge in [0.15, 0.2) is 5.96 Å². The van der Waals surface area contributed by atoms with Gasteiger partial charge >= 0.3 is 0 Å². The molecule has 1 aliphatic heterocycles. The van der Waals surface area contributed by atoms with Crippen LogP contribution in [0.3, 0.4) is 0 Å². The van der Waals surface area contributed by atoms with Gasteiger partial charge in [-0.2, -0.15) is 0 Å². The zero-order valence-corrected chi connectivity index (χ0v) is 19.4. The van der Waals surface area contributed by atoms with E-state index in [0.29, 0.717) is 19.8 Å². The number of hydrogen-bond donors (Lipinski definition) is 2. The largest absolute Gasteiger partial charge is 0.491 e. The van der Waals surface area contributed by atoms with Gasteiger partial charge in [-0.15, -0.1) is 0 Å². The zero-order chi connectivity index (χ0) is 21.6. The first kappa shape index (κ1) is 24.4. The number of nitrogens with zero attached hydrogens (tertiary/aromatic N) is 3. The smallest absolute Gasteiger partial charge is 0.191 e. The van der Waals surface area contributed by atoms with Crippen LogP contribution in [0.15, 0.2) is 23.2 Å². The molecule has 0 unspecified atom stereocenters. The van der Waals surface area contributed by atoms with Gasteiger partial charge < -0.3 is 29.9 Å². The van der Waals surface area contributed by atoms with Crippen molar-refractivity contribution in [3.63, 3.8) is 0 Å². The molecule has 0 saturated carbocycles. The van der Waals surface area contributed by atoms with E-state index >= 15 is 0 Å². The molecule has 1 heterocycles. The standard InChI is InChI=1S/C23H41N5O2/c1-5-27-12-14-28(15-13-27)11-7-6-10-25-23(24-3)26-19-21-9-8-20(2)18-22(21)30-17-16-29-4/h8-9,18H,5-7,10-17,19H2,1-4H3,(H2,24,25,26).